The smallest absolute Gasteiger partial charge is 0.319 e. The van der Waals surface area contributed by atoms with Crippen molar-refractivity contribution < 1.29 is 103 Å². The van der Waals surface area contributed by atoms with Gasteiger partial charge in [-0.3, -0.25) is 48.2 Å². The summed E-state index contributed by atoms with van der Waals surface area (Å²) < 4.78 is 5.48. The van der Waals surface area contributed by atoms with E-state index in [1.807, 2.05) is 20.1 Å². The fourth-order valence-electron chi connectivity index (χ4n) is 7.16. The molecule has 2 fully saturated rings. The fraction of sp³-hybridized carbons (Fsp3) is 0.628. The largest absolute Gasteiger partial charge is 0.617 e. The number of hydrogen-bond acceptors (Lipinski definition) is 15. The van der Waals surface area contributed by atoms with Crippen LogP contribution in [0.1, 0.15) is 52.0 Å². The molecule has 5 amide bonds. The summed E-state index contributed by atoms with van der Waals surface area (Å²) in [6.45, 7) is 6.57. The first-order valence-corrected chi connectivity index (χ1v) is 23.4. The van der Waals surface area contributed by atoms with E-state index in [1.54, 1.807) is 43.9 Å². The van der Waals surface area contributed by atoms with Gasteiger partial charge in [-0.15, -0.1) is 0 Å². The van der Waals surface area contributed by atoms with Crippen molar-refractivity contribution in [2.45, 2.75) is 59.0 Å². The predicted octanol–water partition coefficient (Wildman–Crippen LogP) is -0.0522. The molecule has 1 aromatic rings. The van der Waals surface area contributed by atoms with Gasteiger partial charge in [-0.25, -0.2) is 4.79 Å². The number of urea groups is 1. The summed E-state index contributed by atoms with van der Waals surface area (Å²) in [5.41, 5.74) is 1.13. The van der Waals surface area contributed by atoms with Crippen molar-refractivity contribution >= 4 is 70.9 Å². The van der Waals surface area contributed by atoms with Gasteiger partial charge in [0.05, 0.1) is 38.1 Å². The van der Waals surface area contributed by atoms with Crippen LogP contribution in [0, 0.1) is 63.9 Å². The van der Waals surface area contributed by atoms with Gasteiger partial charge in [-0.05, 0) is 48.6 Å². The minimum Gasteiger partial charge on any atom is -0.617 e. The predicted molar refractivity (Wildman–Crippen MR) is 243 cm³/mol. The van der Waals surface area contributed by atoms with E-state index >= 15 is 0 Å². The number of amides is 5. The molecule has 2 aliphatic rings. The topological polar surface area (TPSA) is 297 Å². The number of ether oxygens (including phenoxy) is 1. The van der Waals surface area contributed by atoms with Gasteiger partial charge >= 0.3 is 23.9 Å². The molecule has 8 N–H and O–H groups in total. The third-order valence-corrected chi connectivity index (χ3v) is 11.9. The molecule has 4 atom stereocenters. The number of hydrogen-bond donors (Lipinski definition) is 8. The zero-order chi connectivity index (χ0) is 48.8. The Bertz CT molecular complexity index is 1830. The number of ketones is 1. The number of fused-ring (bicyclic) bond motifs is 1. The maximum Gasteiger partial charge on any atom is 0.319 e. The zero-order valence-electron chi connectivity index (χ0n) is 38.5. The van der Waals surface area contributed by atoms with Gasteiger partial charge in [0, 0.05) is 117 Å². The zero-order valence-corrected chi connectivity index (χ0v) is 41.6. The Labute approximate surface area is 427 Å². The Hall–Kier alpha value is -4.04. The summed E-state index contributed by atoms with van der Waals surface area (Å²) in [5.74, 6) is -6.25. The van der Waals surface area contributed by atoms with E-state index in [1.165, 1.54) is 18.7 Å². The monoisotopic (exact) mass is 1110 g/mol. The van der Waals surface area contributed by atoms with E-state index < -0.39 is 53.7 Å². The second-order valence-corrected chi connectivity index (χ2v) is 17.5. The number of Topliss-reactive ketones (excluding diaryl/α,β-unsaturated/α-hetero) is 1. The van der Waals surface area contributed by atoms with Crippen LogP contribution in [-0.4, -0.2) is 191 Å². The molecular formula is C43H66GdN9O13S-. The average Bonchev–Trinajstić information content (AvgIpc) is 3.61. The molecular weight excluding hydrogens is 1040 g/mol. The molecule has 2 heterocycles. The minimum absolute atomic E-state index is 0. The van der Waals surface area contributed by atoms with Gasteiger partial charge < -0.3 is 56.4 Å². The van der Waals surface area contributed by atoms with Crippen LogP contribution in [0.3, 0.4) is 0 Å². The number of carbonyl (C=O) groups excluding carboxylic acids is 6. The van der Waals surface area contributed by atoms with Gasteiger partial charge in [-0.2, -0.15) is 11.8 Å². The maximum absolute atomic E-state index is 13.6. The van der Waals surface area contributed by atoms with E-state index in [0.717, 1.165) is 0 Å². The van der Waals surface area contributed by atoms with Crippen LogP contribution in [0.25, 0.3) is 0 Å². The van der Waals surface area contributed by atoms with Crippen molar-refractivity contribution in [3.05, 3.63) is 36.1 Å². The Morgan fingerprint density at radius 2 is 1.39 bits per heavy atom. The van der Waals surface area contributed by atoms with Crippen molar-refractivity contribution in [1.29, 1.82) is 0 Å². The number of esters is 1. The standard InChI is InChI=1S/C43H66N9O13S.Gd/c1-5-28(2)32(41(61)45-12-11-44-35(54)20-29(3)42(62)63)21-34(53)33(10-19-66-4)48-43(64)47-31-8-6-30(7-9-31)22-46-36(55)23-51-16-15-49(25-38(56)57)13-14-50(26-39(58)59)17-18-52-27-40(60)65-37(52)24-51;/h6-9,28-29,32-33H,5,10-27H2,1-4H3,(H,44,54)(H,45,61)(H,46,55)(H,56,57)(H,58,59)(H,62,63)(H2,47,48,64);/q-1;/t28-,29?,32-,33-;/m0./s1. The van der Waals surface area contributed by atoms with E-state index in [4.69, 9.17) is 9.84 Å². The molecule has 0 saturated carbocycles. The quantitative estimate of drug-likeness (QED) is 0.0362. The minimum atomic E-state index is -1.08. The van der Waals surface area contributed by atoms with Gasteiger partial charge in [0.25, 0.3) is 5.97 Å². The molecule has 67 heavy (non-hydrogen) atoms. The molecule has 24 heteroatoms. The second kappa shape index (κ2) is 31.2. The number of nitrogens with one attached hydrogen (secondary N) is 5. The molecule has 0 aromatic heterocycles. The second-order valence-electron chi connectivity index (χ2n) is 16.5. The first-order valence-electron chi connectivity index (χ1n) is 22.0. The number of carbonyl (C=O) groups is 9. The van der Waals surface area contributed by atoms with E-state index in [9.17, 15) is 53.4 Å². The van der Waals surface area contributed by atoms with E-state index in [2.05, 4.69) is 26.6 Å². The van der Waals surface area contributed by atoms with Gasteiger partial charge in [0.15, 0.2) is 5.78 Å². The molecule has 0 bridgehead atoms. The summed E-state index contributed by atoms with van der Waals surface area (Å²) in [6, 6.07) is 5.20. The molecule has 22 nitrogen and oxygen atoms in total. The van der Waals surface area contributed by atoms with Crippen molar-refractivity contribution in [1.82, 2.24) is 40.9 Å². The van der Waals surface area contributed by atoms with Crippen molar-refractivity contribution in [2.24, 2.45) is 17.8 Å². The molecule has 0 spiro atoms. The summed E-state index contributed by atoms with van der Waals surface area (Å²) >= 11 is 1.50. The molecule has 1 aromatic carbocycles. The molecule has 0 aliphatic carbocycles. The first kappa shape index (κ1) is 59.1. The van der Waals surface area contributed by atoms with Gasteiger partial charge in [0.2, 0.25) is 17.7 Å². The van der Waals surface area contributed by atoms with Crippen LogP contribution in [0.2, 0.25) is 0 Å². The first-order chi connectivity index (χ1) is 31.4. The number of rotatable bonds is 25. The SMILES string of the molecule is CC[C@H](C)[C@H](CC(=O)[C@H](CCSC)NC(=O)Nc1ccc(CNC(=O)CN2CCN(CC(=O)O)CCN(CC(=O)O)CCN3CC(=O)O[C-]3C2)cc1)C(=O)NCCNC(=O)CC(C)C(=O)O.[Gd]. The number of anilines is 1. The van der Waals surface area contributed by atoms with Crippen LogP contribution < -0.4 is 26.6 Å². The maximum atomic E-state index is 13.6. The molecule has 1 unspecified atom stereocenters. The summed E-state index contributed by atoms with van der Waals surface area (Å²) in [5, 5.41) is 41.6. The van der Waals surface area contributed by atoms with Crippen LogP contribution in [-0.2, 0) is 49.6 Å². The number of nitrogens with zero attached hydrogens (tertiary/aromatic N) is 4. The Kier molecular flexibility index (Phi) is 27.5. The van der Waals surface area contributed by atoms with Crippen LogP contribution in [0.5, 0.6) is 0 Å². The van der Waals surface area contributed by atoms with Crippen LogP contribution in [0.15, 0.2) is 24.3 Å². The van der Waals surface area contributed by atoms with Gasteiger partial charge in [-0.1, -0.05) is 52.1 Å². The Morgan fingerprint density at radius 3 is 1.97 bits per heavy atom. The number of thioether (sulfide) groups is 1. The molecule has 2 aliphatic heterocycles. The Balaban J connectivity index is 0.0000154. The summed E-state index contributed by atoms with van der Waals surface area (Å²) in [7, 11) is 0. The molecule has 2 saturated heterocycles. The number of carboxylic acid groups (broad SMARTS) is 3. The number of benzene rings is 1. The van der Waals surface area contributed by atoms with Crippen molar-refractivity contribution in [2.75, 3.05) is 102 Å². The summed E-state index contributed by atoms with van der Waals surface area (Å²) in [4.78, 5) is 119. The third-order valence-electron chi connectivity index (χ3n) is 11.3. The van der Waals surface area contributed by atoms with Crippen LogP contribution >= 0.6 is 11.8 Å². The van der Waals surface area contributed by atoms with Crippen molar-refractivity contribution in [3.8, 4) is 0 Å². The molecule has 0 radical (unpaired) electrons. The average molecular weight is 1110 g/mol. The van der Waals surface area contributed by atoms with Crippen LogP contribution in [0.4, 0.5) is 10.5 Å². The third kappa shape index (κ3) is 22.7. The number of aliphatic carboxylic acids is 3. The molecule has 3 rings (SSSR count). The number of carboxylic acids is 3. The Morgan fingerprint density at radius 1 is 0.791 bits per heavy atom. The summed E-state index contributed by atoms with van der Waals surface area (Å²) in [6.07, 6.45) is 2.83. The van der Waals surface area contributed by atoms with Gasteiger partial charge in [0.1, 0.15) is 0 Å². The fourth-order valence-corrected chi connectivity index (χ4v) is 7.63. The van der Waals surface area contributed by atoms with E-state index in [0.29, 0.717) is 49.2 Å². The van der Waals surface area contributed by atoms with E-state index in [-0.39, 0.29) is 155 Å². The van der Waals surface area contributed by atoms with Crippen molar-refractivity contribution in [3.63, 3.8) is 0 Å². The normalized spacial score (nSPS) is 17.3. The molecule has 376 valence electrons.